The minimum atomic E-state index is -0.923. The molecule has 1 aromatic carbocycles. The fourth-order valence-electron chi connectivity index (χ4n) is 2.88. The van der Waals surface area contributed by atoms with Gasteiger partial charge in [0.1, 0.15) is 0 Å². The predicted molar refractivity (Wildman–Crippen MR) is 79.7 cm³/mol. The first-order chi connectivity index (χ1) is 10.2. The molecule has 1 aromatic rings. The number of rotatable bonds is 5. The van der Waals surface area contributed by atoms with Crippen LogP contribution >= 0.6 is 0 Å². The van der Waals surface area contributed by atoms with Crippen LogP contribution in [0.15, 0.2) is 18.2 Å². The van der Waals surface area contributed by atoms with Crippen molar-refractivity contribution in [3.05, 3.63) is 29.3 Å². The zero-order chi connectivity index (χ0) is 14.8. The van der Waals surface area contributed by atoms with Crippen LogP contribution < -0.4 is 10.2 Å². The maximum absolute atomic E-state index is 12.4. The summed E-state index contributed by atoms with van der Waals surface area (Å²) in [6.07, 6.45) is 4.05. The Morgan fingerprint density at radius 1 is 1.33 bits per heavy atom. The van der Waals surface area contributed by atoms with Gasteiger partial charge in [-0.25, -0.2) is 4.79 Å². The summed E-state index contributed by atoms with van der Waals surface area (Å²) in [6.45, 7) is 1.90. The van der Waals surface area contributed by atoms with Crippen LogP contribution in [0.4, 0.5) is 5.69 Å². The second-order valence-corrected chi connectivity index (χ2v) is 5.83. The van der Waals surface area contributed by atoms with Gasteiger partial charge in [-0.2, -0.15) is 0 Å². The molecule has 2 N–H and O–H groups in total. The number of hydrogen-bond acceptors (Lipinski definition) is 3. The molecule has 1 saturated carbocycles. The number of amides is 1. The lowest BCUT2D eigenvalue weighted by Crippen LogP contribution is -2.41. The Labute approximate surface area is 123 Å². The quantitative estimate of drug-likeness (QED) is 0.864. The highest BCUT2D eigenvalue weighted by molar-refractivity contribution is 5.99. The van der Waals surface area contributed by atoms with E-state index < -0.39 is 5.97 Å². The SMILES string of the molecule is O=C(O)c1cccc2c1CCCN2C(=O)CNCC1CC1. The van der Waals surface area contributed by atoms with E-state index >= 15 is 0 Å². The topological polar surface area (TPSA) is 69.6 Å². The summed E-state index contributed by atoms with van der Waals surface area (Å²) in [5.74, 6) is -0.155. The van der Waals surface area contributed by atoms with E-state index in [9.17, 15) is 14.7 Å². The molecule has 1 heterocycles. The Kier molecular flexibility index (Phi) is 3.92. The second kappa shape index (κ2) is 5.85. The zero-order valence-corrected chi connectivity index (χ0v) is 12.0. The minimum absolute atomic E-state index is 0.0270. The van der Waals surface area contributed by atoms with Gasteiger partial charge in [-0.3, -0.25) is 4.79 Å². The third-order valence-corrected chi connectivity index (χ3v) is 4.19. The van der Waals surface area contributed by atoms with Gasteiger partial charge in [-0.05, 0) is 55.8 Å². The molecule has 0 bridgehead atoms. The van der Waals surface area contributed by atoms with Crippen molar-refractivity contribution in [1.82, 2.24) is 5.32 Å². The van der Waals surface area contributed by atoms with Gasteiger partial charge in [-0.1, -0.05) is 6.07 Å². The van der Waals surface area contributed by atoms with Crippen LogP contribution in [0.3, 0.4) is 0 Å². The van der Waals surface area contributed by atoms with Crippen molar-refractivity contribution >= 4 is 17.6 Å². The smallest absolute Gasteiger partial charge is 0.336 e. The van der Waals surface area contributed by atoms with Crippen LogP contribution in [-0.2, 0) is 11.2 Å². The van der Waals surface area contributed by atoms with E-state index in [2.05, 4.69) is 5.32 Å². The number of fused-ring (bicyclic) bond motifs is 1. The maximum Gasteiger partial charge on any atom is 0.336 e. The molecular formula is C16H20N2O3. The lowest BCUT2D eigenvalue weighted by molar-refractivity contribution is -0.117. The molecule has 1 fully saturated rings. The van der Waals surface area contributed by atoms with Gasteiger partial charge < -0.3 is 15.3 Å². The van der Waals surface area contributed by atoms with Gasteiger partial charge in [0.15, 0.2) is 0 Å². The summed E-state index contributed by atoms with van der Waals surface area (Å²) in [4.78, 5) is 25.4. The number of benzene rings is 1. The molecule has 1 aliphatic carbocycles. The van der Waals surface area contributed by atoms with Crippen LogP contribution in [0.25, 0.3) is 0 Å². The highest BCUT2D eigenvalue weighted by atomic mass is 16.4. The fraction of sp³-hybridized carbons (Fsp3) is 0.500. The molecular weight excluding hydrogens is 268 g/mol. The van der Waals surface area contributed by atoms with Crippen molar-refractivity contribution in [3.8, 4) is 0 Å². The number of hydrogen-bond donors (Lipinski definition) is 2. The summed E-state index contributed by atoms with van der Waals surface area (Å²) >= 11 is 0. The minimum Gasteiger partial charge on any atom is -0.478 e. The summed E-state index contributed by atoms with van der Waals surface area (Å²) in [5, 5.41) is 12.5. The van der Waals surface area contributed by atoms with E-state index in [1.54, 1.807) is 17.0 Å². The summed E-state index contributed by atoms with van der Waals surface area (Å²) in [5.41, 5.74) is 1.86. The molecule has 0 aromatic heterocycles. The molecule has 5 heteroatoms. The number of nitrogens with zero attached hydrogens (tertiary/aromatic N) is 1. The Bertz CT molecular complexity index is 567. The molecule has 0 spiro atoms. The second-order valence-electron chi connectivity index (χ2n) is 5.83. The zero-order valence-electron chi connectivity index (χ0n) is 12.0. The van der Waals surface area contributed by atoms with E-state index in [0.29, 0.717) is 18.7 Å². The molecule has 112 valence electrons. The van der Waals surface area contributed by atoms with Crippen molar-refractivity contribution in [2.45, 2.75) is 25.7 Å². The number of carboxylic acids is 1. The average molecular weight is 288 g/mol. The molecule has 0 radical (unpaired) electrons. The molecule has 2 aliphatic rings. The fourth-order valence-corrected chi connectivity index (χ4v) is 2.88. The summed E-state index contributed by atoms with van der Waals surface area (Å²) in [6, 6.07) is 5.17. The molecule has 0 unspecified atom stereocenters. The lowest BCUT2D eigenvalue weighted by Gasteiger charge is -2.30. The molecule has 3 rings (SSSR count). The number of carboxylic acid groups (broad SMARTS) is 1. The third kappa shape index (κ3) is 3.08. The van der Waals surface area contributed by atoms with Crippen LogP contribution in [0.1, 0.15) is 35.2 Å². The van der Waals surface area contributed by atoms with Gasteiger partial charge in [-0.15, -0.1) is 0 Å². The Morgan fingerprint density at radius 2 is 2.14 bits per heavy atom. The molecule has 21 heavy (non-hydrogen) atoms. The van der Waals surface area contributed by atoms with Crippen LogP contribution in [0, 0.1) is 5.92 Å². The highest BCUT2D eigenvalue weighted by Gasteiger charge is 2.26. The van der Waals surface area contributed by atoms with E-state index in [1.165, 1.54) is 12.8 Å². The summed E-state index contributed by atoms with van der Waals surface area (Å²) < 4.78 is 0. The first kappa shape index (κ1) is 14.1. The van der Waals surface area contributed by atoms with Gasteiger partial charge in [0.25, 0.3) is 0 Å². The monoisotopic (exact) mass is 288 g/mol. The standard InChI is InChI=1S/C16H20N2O3/c19-15(10-17-9-11-6-7-11)18-8-2-4-12-13(16(20)21)3-1-5-14(12)18/h1,3,5,11,17H,2,4,6-10H2,(H,20,21). The first-order valence-electron chi connectivity index (χ1n) is 7.53. The number of carbonyl (C=O) groups excluding carboxylic acids is 1. The Balaban J connectivity index is 1.74. The summed E-state index contributed by atoms with van der Waals surface area (Å²) in [7, 11) is 0. The van der Waals surface area contributed by atoms with E-state index in [4.69, 9.17) is 0 Å². The molecule has 1 amide bonds. The van der Waals surface area contributed by atoms with Crippen molar-refractivity contribution in [2.75, 3.05) is 24.5 Å². The molecule has 0 saturated heterocycles. The number of carbonyl (C=O) groups is 2. The number of anilines is 1. The highest BCUT2D eigenvalue weighted by Crippen LogP contribution is 2.30. The van der Waals surface area contributed by atoms with Crippen molar-refractivity contribution in [3.63, 3.8) is 0 Å². The molecule has 1 aliphatic heterocycles. The third-order valence-electron chi connectivity index (χ3n) is 4.19. The van der Waals surface area contributed by atoms with E-state index in [-0.39, 0.29) is 5.91 Å². The van der Waals surface area contributed by atoms with Crippen LogP contribution in [0.2, 0.25) is 0 Å². The number of aromatic carboxylic acids is 1. The first-order valence-corrected chi connectivity index (χ1v) is 7.53. The van der Waals surface area contributed by atoms with Gasteiger partial charge in [0.05, 0.1) is 12.1 Å². The predicted octanol–water partition coefficient (Wildman–Crippen LogP) is 1.66. The maximum atomic E-state index is 12.4. The van der Waals surface area contributed by atoms with Gasteiger partial charge >= 0.3 is 5.97 Å². The Hall–Kier alpha value is -1.88. The van der Waals surface area contributed by atoms with Crippen LogP contribution in [0.5, 0.6) is 0 Å². The van der Waals surface area contributed by atoms with E-state index in [1.807, 2.05) is 6.07 Å². The van der Waals surface area contributed by atoms with Crippen molar-refractivity contribution < 1.29 is 14.7 Å². The van der Waals surface area contributed by atoms with E-state index in [0.717, 1.165) is 36.6 Å². The average Bonchev–Trinajstić information content (AvgIpc) is 3.30. The Morgan fingerprint density at radius 3 is 2.86 bits per heavy atom. The van der Waals surface area contributed by atoms with Gasteiger partial charge in [0, 0.05) is 12.2 Å². The van der Waals surface area contributed by atoms with Gasteiger partial charge in [0.2, 0.25) is 5.91 Å². The molecule has 5 nitrogen and oxygen atoms in total. The van der Waals surface area contributed by atoms with Crippen molar-refractivity contribution in [1.29, 1.82) is 0 Å². The largest absolute Gasteiger partial charge is 0.478 e. The number of nitrogens with one attached hydrogen (secondary N) is 1. The van der Waals surface area contributed by atoms with Crippen molar-refractivity contribution in [2.24, 2.45) is 5.92 Å². The van der Waals surface area contributed by atoms with Crippen LogP contribution in [-0.4, -0.2) is 36.6 Å². The normalized spacial score (nSPS) is 17.4. The lowest BCUT2D eigenvalue weighted by atomic mass is 9.96. The molecule has 0 atom stereocenters.